The summed E-state index contributed by atoms with van der Waals surface area (Å²) in [6.07, 6.45) is -8.77. The Hall–Kier alpha value is -4.68. The highest BCUT2D eigenvalue weighted by atomic mass is 19.4. The Morgan fingerprint density at radius 1 is 0.667 bits per heavy atom. The minimum atomic E-state index is -5.48. The van der Waals surface area contributed by atoms with Crippen LogP contribution in [0.2, 0.25) is 0 Å². The molecule has 236 valence electrons. The van der Waals surface area contributed by atoms with Crippen LogP contribution in [0.25, 0.3) is 28.1 Å². The van der Waals surface area contributed by atoms with Crippen molar-refractivity contribution in [3.8, 4) is 28.0 Å². The number of benzene rings is 4. The van der Waals surface area contributed by atoms with Crippen LogP contribution < -0.4 is 4.74 Å². The summed E-state index contributed by atoms with van der Waals surface area (Å²) >= 11 is 0. The molecule has 0 atom stereocenters. The van der Waals surface area contributed by atoms with Crippen LogP contribution in [0.3, 0.4) is 0 Å². The van der Waals surface area contributed by atoms with Gasteiger partial charge < -0.3 is 4.74 Å². The molecular weight excluding hydrogens is 628 g/mol. The lowest BCUT2D eigenvalue weighted by atomic mass is 9.97. The first-order chi connectivity index (χ1) is 21.0. The Morgan fingerprint density at radius 3 is 1.71 bits per heavy atom. The highest BCUT2D eigenvalue weighted by Crippen LogP contribution is 2.40. The van der Waals surface area contributed by atoms with E-state index in [0.717, 1.165) is 12.1 Å². The maximum Gasteiger partial charge on any atom is 0.429 e. The third kappa shape index (κ3) is 7.18. The molecule has 0 spiro atoms. The standard InChI is InChI=1S/C32H18F12O/c1-2-3-4-22(33)30(39)17-7-5-16(6-8-17)19-12-24(35)28(25(36)13-19)18-9-10-21(23(34)11-18)32(43,44)45-20-14-26(37)29(27(38)15-20)31(40,41)42/h2,5-15H,1,3-4H2. The predicted molar refractivity (Wildman–Crippen MR) is 142 cm³/mol. The van der Waals surface area contributed by atoms with Crippen molar-refractivity contribution in [1.82, 2.24) is 0 Å². The van der Waals surface area contributed by atoms with Gasteiger partial charge in [0.15, 0.2) is 5.83 Å². The summed E-state index contributed by atoms with van der Waals surface area (Å²) in [7, 11) is 0. The van der Waals surface area contributed by atoms with Crippen molar-refractivity contribution in [1.29, 1.82) is 0 Å². The van der Waals surface area contributed by atoms with Crippen molar-refractivity contribution in [3.63, 3.8) is 0 Å². The van der Waals surface area contributed by atoms with E-state index in [1.807, 2.05) is 0 Å². The van der Waals surface area contributed by atoms with Gasteiger partial charge in [0.1, 0.15) is 46.2 Å². The first kappa shape index (κ1) is 33.2. The van der Waals surface area contributed by atoms with Crippen molar-refractivity contribution in [2.24, 2.45) is 0 Å². The van der Waals surface area contributed by atoms with Gasteiger partial charge in [0, 0.05) is 24.1 Å². The summed E-state index contributed by atoms with van der Waals surface area (Å²) in [6.45, 7) is 3.42. The third-order valence-electron chi connectivity index (χ3n) is 6.44. The van der Waals surface area contributed by atoms with E-state index in [0.29, 0.717) is 18.2 Å². The molecule has 0 aliphatic rings. The molecule has 0 aromatic heterocycles. The smallest absolute Gasteiger partial charge is 0.429 e. The quantitative estimate of drug-likeness (QED) is 0.130. The van der Waals surface area contributed by atoms with Crippen LogP contribution in [0.5, 0.6) is 5.75 Å². The van der Waals surface area contributed by atoms with Crippen LogP contribution >= 0.6 is 0 Å². The van der Waals surface area contributed by atoms with Gasteiger partial charge >= 0.3 is 12.3 Å². The van der Waals surface area contributed by atoms with E-state index < -0.39 is 81.0 Å². The first-order valence-corrected chi connectivity index (χ1v) is 12.7. The molecule has 0 fully saturated rings. The molecule has 0 aliphatic carbocycles. The number of rotatable bonds is 9. The normalized spacial score (nSPS) is 12.6. The largest absolute Gasteiger partial charge is 0.429 e. The average Bonchev–Trinajstić information content (AvgIpc) is 2.93. The van der Waals surface area contributed by atoms with Gasteiger partial charge in [-0.25, -0.2) is 30.7 Å². The Bertz CT molecular complexity index is 1730. The fraction of sp³-hybridized carbons (Fsp3) is 0.125. The minimum Gasteiger partial charge on any atom is -0.429 e. The van der Waals surface area contributed by atoms with E-state index in [9.17, 15) is 43.9 Å². The lowest BCUT2D eigenvalue weighted by molar-refractivity contribution is -0.187. The van der Waals surface area contributed by atoms with Crippen LogP contribution in [0.1, 0.15) is 29.5 Å². The van der Waals surface area contributed by atoms with E-state index in [2.05, 4.69) is 11.3 Å². The minimum absolute atomic E-state index is 0.0511. The van der Waals surface area contributed by atoms with Gasteiger partial charge in [0.2, 0.25) is 0 Å². The highest BCUT2D eigenvalue weighted by molar-refractivity contribution is 5.73. The Kier molecular flexibility index (Phi) is 9.40. The molecule has 4 aromatic carbocycles. The Morgan fingerprint density at radius 2 is 1.20 bits per heavy atom. The monoisotopic (exact) mass is 646 g/mol. The van der Waals surface area contributed by atoms with Crippen molar-refractivity contribution in [3.05, 3.63) is 131 Å². The van der Waals surface area contributed by atoms with Gasteiger partial charge in [-0.15, -0.1) is 6.58 Å². The van der Waals surface area contributed by atoms with E-state index in [4.69, 9.17) is 0 Å². The molecule has 0 bridgehead atoms. The lowest BCUT2D eigenvalue weighted by Gasteiger charge is -2.20. The summed E-state index contributed by atoms with van der Waals surface area (Å²) in [6, 6.07) is 7.64. The lowest BCUT2D eigenvalue weighted by Crippen LogP contribution is -2.24. The van der Waals surface area contributed by atoms with E-state index in [1.54, 1.807) is 0 Å². The first-order valence-electron chi connectivity index (χ1n) is 12.7. The fourth-order valence-corrected chi connectivity index (χ4v) is 4.31. The second-order valence-corrected chi connectivity index (χ2v) is 9.51. The number of halogens is 12. The van der Waals surface area contributed by atoms with Gasteiger partial charge in [0.05, 0.1) is 11.1 Å². The van der Waals surface area contributed by atoms with E-state index >= 15 is 8.78 Å². The molecule has 0 unspecified atom stereocenters. The maximum absolute atomic E-state index is 15.0. The topological polar surface area (TPSA) is 9.23 Å². The zero-order valence-corrected chi connectivity index (χ0v) is 22.5. The molecule has 0 radical (unpaired) electrons. The van der Waals surface area contributed by atoms with E-state index in [1.165, 1.54) is 30.3 Å². The number of hydrogen-bond acceptors (Lipinski definition) is 1. The van der Waals surface area contributed by atoms with Crippen molar-refractivity contribution in [2.45, 2.75) is 25.1 Å². The molecule has 0 amide bonds. The summed E-state index contributed by atoms with van der Waals surface area (Å²) in [4.78, 5) is 0. The predicted octanol–water partition coefficient (Wildman–Crippen LogP) is 11.4. The SMILES string of the molecule is C=CCCC(F)=C(F)c1ccc(-c2cc(F)c(-c3ccc(C(F)(F)Oc4cc(F)c(C(F)(F)F)c(F)c4)c(F)c3)c(F)c2)cc1. The summed E-state index contributed by atoms with van der Waals surface area (Å²) in [5, 5.41) is 0. The van der Waals surface area contributed by atoms with E-state index in [-0.39, 0.29) is 41.7 Å². The number of allylic oxidation sites excluding steroid dienone is 2. The number of ether oxygens (including phenoxy) is 1. The molecule has 0 saturated carbocycles. The summed E-state index contributed by atoms with van der Waals surface area (Å²) in [5.74, 6) is -12.3. The van der Waals surface area contributed by atoms with Crippen molar-refractivity contribution in [2.75, 3.05) is 0 Å². The maximum atomic E-state index is 15.0. The second-order valence-electron chi connectivity index (χ2n) is 9.51. The van der Waals surface area contributed by atoms with Crippen LogP contribution in [0.15, 0.2) is 85.2 Å². The Balaban J connectivity index is 1.60. The summed E-state index contributed by atoms with van der Waals surface area (Å²) in [5.41, 5.74) is -5.26. The van der Waals surface area contributed by atoms with Gasteiger partial charge in [-0.05, 0) is 47.4 Å². The summed E-state index contributed by atoms with van der Waals surface area (Å²) < 4.78 is 172. The average molecular weight is 646 g/mol. The van der Waals surface area contributed by atoms with Crippen LogP contribution in [-0.4, -0.2) is 0 Å². The van der Waals surface area contributed by atoms with Crippen LogP contribution in [0, 0.1) is 29.1 Å². The molecule has 45 heavy (non-hydrogen) atoms. The van der Waals surface area contributed by atoms with Crippen molar-refractivity contribution >= 4 is 5.83 Å². The number of alkyl halides is 5. The molecule has 0 aliphatic heterocycles. The zero-order chi connectivity index (χ0) is 33.3. The molecule has 13 heteroatoms. The Labute approximate surface area is 247 Å². The van der Waals surface area contributed by atoms with Gasteiger partial charge in [-0.1, -0.05) is 36.4 Å². The molecule has 0 saturated heterocycles. The van der Waals surface area contributed by atoms with Crippen LogP contribution in [0.4, 0.5) is 52.7 Å². The number of hydrogen-bond donors (Lipinski definition) is 0. The van der Waals surface area contributed by atoms with Gasteiger partial charge in [0.25, 0.3) is 0 Å². The molecule has 0 heterocycles. The third-order valence-corrected chi connectivity index (χ3v) is 6.44. The molecule has 4 rings (SSSR count). The van der Waals surface area contributed by atoms with Crippen LogP contribution in [-0.2, 0) is 12.3 Å². The molecule has 0 N–H and O–H groups in total. The van der Waals surface area contributed by atoms with Gasteiger partial charge in [-0.2, -0.15) is 22.0 Å². The molecule has 1 nitrogen and oxygen atoms in total. The highest BCUT2D eigenvalue weighted by Gasteiger charge is 2.41. The van der Waals surface area contributed by atoms with Crippen molar-refractivity contribution < 1.29 is 57.4 Å². The second kappa shape index (κ2) is 12.7. The zero-order valence-electron chi connectivity index (χ0n) is 22.5. The molecule has 4 aromatic rings. The van der Waals surface area contributed by atoms with Gasteiger partial charge in [-0.3, -0.25) is 0 Å². The fourth-order valence-electron chi connectivity index (χ4n) is 4.31. The molecular formula is C32H18F12O.